The molecule has 1 fully saturated rings. The molecular formula is C17H23N3O2S. The van der Waals surface area contributed by atoms with E-state index in [9.17, 15) is 4.79 Å². The average Bonchev–Trinajstić information content (AvgIpc) is 3.04. The maximum absolute atomic E-state index is 12.1. The third-order valence-electron chi connectivity index (χ3n) is 4.56. The number of amides is 1. The van der Waals surface area contributed by atoms with Crippen LogP contribution in [0.15, 0.2) is 6.33 Å². The van der Waals surface area contributed by atoms with Crippen molar-refractivity contribution in [1.82, 2.24) is 14.9 Å². The Balaban J connectivity index is 1.81. The number of methoxy groups -OCH3 is 1. The summed E-state index contributed by atoms with van der Waals surface area (Å²) in [5.74, 6) is 0.567. The maximum Gasteiger partial charge on any atom is 0.223 e. The summed E-state index contributed by atoms with van der Waals surface area (Å²) in [6.45, 7) is 6.42. The number of carbonyl (C=O) groups excluding carboxylic acids is 1. The molecule has 1 aliphatic rings. The second kappa shape index (κ2) is 6.93. The van der Waals surface area contributed by atoms with Crippen LogP contribution in [0.2, 0.25) is 0 Å². The van der Waals surface area contributed by atoms with Gasteiger partial charge in [-0.1, -0.05) is 6.92 Å². The number of thiophene rings is 1. The number of rotatable bonds is 6. The van der Waals surface area contributed by atoms with Crippen molar-refractivity contribution in [2.24, 2.45) is 5.92 Å². The molecule has 0 spiro atoms. The van der Waals surface area contributed by atoms with Gasteiger partial charge in [0.2, 0.25) is 5.91 Å². The molecule has 1 aliphatic heterocycles. The number of ether oxygens (including phenoxy) is 1. The van der Waals surface area contributed by atoms with Gasteiger partial charge in [0.25, 0.3) is 0 Å². The molecule has 23 heavy (non-hydrogen) atoms. The van der Waals surface area contributed by atoms with Crippen LogP contribution in [-0.2, 0) is 22.4 Å². The van der Waals surface area contributed by atoms with Crippen molar-refractivity contribution in [3.8, 4) is 0 Å². The van der Waals surface area contributed by atoms with Gasteiger partial charge in [0.15, 0.2) is 0 Å². The Morgan fingerprint density at radius 2 is 2.26 bits per heavy atom. The first-order valence-electron chi connectivity index (χ1n) is 8.12. The standard InChI is InChI=1S/C17H23N3O2S/c1-4-13-11(2)23-17-16(13)14(18-10-19-17)7-12-8-15(21)20(9-12)5-6-22-3/h10,12H,4-9H2,1-3H3. The third kappa shape index (κ3) is 3.23. The van der Waals surface area contributed by atoms with E-state index in [0.717, 1.165) is 29.9 Å². The minimum atomic E-state index is 0.231. The molecule has 0 aromatic carbocycles. The molecule has 0 aliphatic carbocycles. The maximum atomic E-state index is 12.1. The fraction of sp³-hybridized carbons (Fsp3) is 0.588. The highest BCUT2D eigenvalue weighted by Gasteiger charge is 2.30. The first-order chi connectivity index (χ1) is 11.1. The molecule has 6 heteroatoms. The van der Waals surface area contributed by atoms with Gasteiger partial charge in [-0.25, -0.2) is 9.97 Å². The van der Waals surface area contributed by atoms with Crippen LogP contribution >= 0.6 is 11.3 Å². The fourth-order valence-electron chi connectivity index (χ4n) is 3.43. The molecule has 1 amide bonds. The highest BCUT2D eigenvalue weighted by atomic mass is 32.1. The van der Waals surface area contributed by atoms with Crippen LogP contribution in [-0.4, -0.2) is 47.6 Å². The Morgan fingerprint density at radius 3 is 3.00 bits per heavy atom. The summed E-state index contributed by atoms with van der Waals surface area (Å²) in [4.78, 5) is 25.4. The van der Waals surface area contributed by atoms with Crippen molar-refractivity contribution in [1.29, 1.82) is 0 Å². The van der Waals surface area contributed by atoms with Gasteiger partial charge in [0.1, 0.15) is 11.2 Å². The van der Waals surface area contributed by atoms with Gasteiger partial charge in [-0.05, 0) is 31.2 Å². The van der Waals surface area contributed by atoms with Gasteiger partial charge in [-0.15, -0.1) is 11.3 Å². The van der Waals surface area contributed by atoms with E-state index in [1.54, 1.807) is 24.8 Å². The first-order valence-corrected chi connectivity index (χ1v) is 8.94. The van der Waals surface area contributed by atoms with Gasteiger partial charge in [0.05, 0.1) is 12.3 Å². The SMILES string of the molecule is CCc1c(C)sc2ncnc(CC3CC(=O)N(CCOC)C3)c12. The van der Waals surface area contributed by atoms with Crippen LogP contribution in [0.25, 0.3) is 10.2 Å². The third-order valence-corrected chi connectivity index (χ3v) is 5.62. The Kier molecular flexibility index (Phi) is 4.92. The lowest BCUT2D eigenvalue weighted by atomic mass is 9.98. The summed E-state index contributed by atoms with van der Waals surface area (Å²) in [5.41, 5.74) is 2.46. The topological polar surface area (TPSA) is 55.3 Å². The van der Waals surface area contributed by atoms with Gasteiger partial charge in [-0.3, -0.25) is 4.79 Å². The van der Waals surface area contributed by atoms with E-state index < -0.39 is 0 Å². The number of nitrogens with zero attached hydrogens (tertiary/aromatic N) is 3. The lowest BCUT2D eigenvalue weighted by molar-refractivity contribution is -0.128. The molecule has 1 atom stereocenters. The smallest absolute Gasteiger partial charge is 0.223 e. The van der Waals surface area contributed by atoms with Crippen LogP contribution < -0.4 is 0 Å². The molecule has 2 aromatic rings. The minimum Gasteiger partial charge on any atom is -0.383 e. The Labute approximate surface area is 140 Å². The summed E-state index contributed by atoms with van der Waals surface area (Å²) >= 11 is 1.74. The van der Waals surface area contributed by atoms with Crippen molar-refractivity contribution >= 4 is 27.5 Å². The zero-order chi connectivity index (χ0) is 16.4. The second-order valence-corrected chi connectivity index (χ2v) is 7.30. The zero-order valence-electron chi connectivity index (χ0n) is 14.0. The van der Waals surface area contributed by atoms with E-state index in [1.165, 1.54) is 15.8 Å². The minimum absolute atomic E-state index is 0.231. The molecule has 0 saturated carbocycles. The van der Waals surface area contributed by atoms with Crippen LogP contribution in [0.4, 0.5) is 0 Å². The molecule has 124 valence electrons. The van der Waals surface area contributed by atoms with E-state index in [2.05, 4.69) is 23.8 Å². The Morgan fingerprint density at radius 1 is 1.43 bits per heavy atom. The quantitative estimate of drug-likeness (QED) is 0.815. The summed E-state index contributed by atoms with van der Waals surface area (Å²) in [7, 11) is 1.67. The molecule has 0 bridgehead atoms. The van der Waals surface area contributed by atoms with Crippen LogP contribution in [0, 0.1) is 12.8 Å². The summed E-state index contributed by atoms with van der Waals surface area (Å²) in [6.07, 6.45) is 4.11. The molecule has 5 nitrogen and oxygen atoms in total. The van der Waals surface area contributed by atoms with Crippen molar-refractivity contribution in [3.05, 3.63) is 22.5 Å². The van der Waals surface area contributed by atoms with Gasteiger partial charge < -0.3 is 9.64 Å². The van der Waals surface area contributed by atoms with E-state index in [4.69, 9.17) is 4.74 Å². The monoisotopic (exact) mass is 333 g/mol. The average molecular weight is 333 g/mol. The first kappa shape index (κ1) is 16.3. The van der Waals surface area contributed by atoms with Crippen molar-refractivity contribution < 1.29 is 9.53 Å². The Hall–Kier alpha value is -1.53. The zero-order valence-corrected chi connectivity index (χ0v) is 14.8. The molecule has 3 rings (SSSR count). The molecule has 3 heterocycles. The Bertz CT molecular complexity index is 713. The number of fused-ring (bicyclic) bond motifs is 1. The molecule has 0 N–H and O–H groups in total. The molecule has 1 saturated heterocycles. The number of aryl methyl sites for hydroxylation is 2. The normalized spacial score (nSPS) is 18.3. The molecular weight excluding hydrogens is 310 g/mol. The van der Waals surface area contributed by atoms with Crippen LogP contribution in [0.1, 0.15) is 29.5 Å². The van der Waals surface area contributed by atoms with E-state index in [1.807, 2.05) is 4.90 Å². The predicted octanol–water partition coefficient (Wildman–Crippen LogP) is 2.60. The summed E-state index contributed by atoms with van der Waals surface area (Å²) < 4.78 is 5.08. The summed E-state index contributed by atoms with van der Waals surface area (Å²) in [5, 5.41) is 1.22. The molecule has 2 aromatic heterocycles. The highest BCUT2D eigenvalue weighted by molar-refractivity contribution is 7.18. The van der Waals surface area contributed by atoms with Gasteiger partial charge in [-0.2, -0.15) is 0 Å². The lowest BCUT2D eigenvalue weighted by Gasteiger charge is -2.16. The van der Waals surface area contributed by atoms with Crippen molar-refractivity contribution in [2.75, 3.05) is 26.8 Å². The fourth-order valence-corrected chi connectivity index (χ4v) is 4.53. The summed E-state index contributed by atoms with van der Waals surface area (Å²) in [6, 6.07) is 0. The van der Waals surface area contributed by atoms with Crippen LogP contribution in [0.5, 0.6) is 0 Å². The van der Waals surface area contributed by atoms with Gasteiger partial charge >= 0.3 is 0 Å². The second-order valence-electron chi connectivity index (χ2n) is 6.10. The number of hydrogen-bond donors (Lipinski definition) is 0. The van der Waals surface area contributed by atoms with E-state index in [0.29, 0.717) is 25.5 Å². The van der Waals surface area contributed by atoms with E-state index in [-0.39, 0.29) is 5.91 Å². The van der Waals surface area contributed by atoms with Crippen molar-refractivity contribution in [2.45, 2.75) is 33.1 Å². The molecule has 0 radical (unpaired) electrons. The number of carbonyl (C=O) groups is 1. The van der Waals surface area contributed by atoms with E-state index >= 15 is 0 Å². The highest BCUT2D eigenvalue weighted by Crippen LogP contribution is 2.33. The largest absolute Gasteiger partial charge is 0.383 e. The van der Waals surface area contributed by atoms with Gasteiger partial charge in [0, 0.05) is 36.9 Å². The lowest BCUT2D eigenvalue weighted by Crippen LogP contribution is -2.29. The predicted molar refractivity (Wildman–Crippen MR) is 91.8 cm³/mol. The number of likely N-dealkylation sites (tertiary alicyclic amines) is 1. The number of aromatic nitrogens is 2. The molecule has 1 unspecified atom stereocenters. The van der Waals surface area contributed by atoms with Crippen LogP contribution in [0.3, 0.4) is 0 Å². The van der Waals surface area contributed by atoms with Crippen molar-refractivity contribution in [3.63, 3.8) is 0 Å². The number of hydrogen-bond acceptors (Lipinski definition) is 5.